The van der Waals surface area contributed by atoms with Crippen LogP contribution in [-0.2, 0) is 11.2 Å². The lowest BCUT2D eigenvalue weighted by Crippen LogP contribution is -2.06. The van der Waals surface area contributed by atoms with Crippen molar-refractivity contribution >= 4 is 41.5 Å². The summed E-state index contributed by atoms with van der Waals surface area (Å²) in [4.78, 5) is 0. The van der Waals surface area contributed by atoms with Crippen molar-refractivity contribution in [3.8, 4) is 0 Å². The van der Waals surface area contributed by atoms with Crippen molar-refractivity contribution in [1.82, 2.24) is 0 Å². The lowest BCUT2D eigenvalue weighted by atomic mass is 10.1. The molecule has 0 saturated carbocycles. The van der Waals surface area contributed by atoms with Gasteiger partial charge in [0.15, 0.2) is 5.90 Å². The third-order valence-electron chi connectivity index (χ3n) is 1.68. The Kier molecular flexibility index (Phi) is 6.73. The Balaban J connectivity index is 0.00000196. The van der Waals surface area contributed by atoms with E-state index in [9.17, 15) is 0 Å². The molecule has 1 rings (SSSR count). The van der Waals surface area contributed by atoms with Gasteiger partial charge in [-0.2, -0.15) is 0 Å². The molecular weight excluding hydrogens is 256 g/mol. The molecule has 0 atom stereocenters. The second-order valence-corrected chi connectivity index (χ2v) is 3.61. The minimum atomic E-state index is 0. The van der Waals surface area contributed by atoms with E-state index < -0.39 is 0 Å². The second kappa shape index (κ2) is 6.94. The molecular formula is C10H12Cl3NO. The molecule has 0 bridgehead atoms. The van der Waals surface area contributed by atoms with Gasteiger partial charge < -0.3 is 4.74 Å². The summed E-state index contributed by atoms with van der Waals surface area (Å²) in [7, 11) is 0. The first kappa shape index (κ1) is 14.6. The van der Waals surface area contributed by atoms with Crippen LogP contribution in [0.4, 0.5) is 0 Å². The Morgan fingerprint density at radius 2 is 2.07 bits per heavy atom. The summed E-state index contributed by atoms with van der Waals surface area (Å²) in [5.41, 5.74) is 0.856. The molecule has 0 radical (unpaired) electrons. The lowest BCUT2D eigenvalue weighted by Gasteiger charge is -2.06. The van der Waals surface area contributed by atoms with E-state index in [1.165, 1.54) is 0 Å². The minimum Gasteiger partial charge on any atom is -0.481 e. The number of nitrogens with one attached hydrogen (secondary N) is 1. The van der Waals surface area contributed by atoms with Crippen molar-refractivity contribution in [2.75, 3.05) is 6.61 Å². The average molecular weight is 269 g/mol. The number of benzene rings is 1. The zero-order chi connectivity index (χ0) is 10.6. The summed E-state index contributed by atoms with van der Waals surface area (Å²) < 4.78 is 5.02. The quantitative estimate of drug-likeness (QED) is 0.653. The highest BCUT2D eigenvalue weighted by atomic mass is 35.5. The summed E-state index contributed by atoms with van der Waals surface area (Å²) in [6.45, 7) is 2.35. The molecule has 1 aromatic rings. The Morgan fingerprint density at radius 3 is 2.60 bits per heavy atom. The summed E-state index contributed by atoms with van der Waals surface area (Å²) in [6, 6.07) is 5.22. The number of hydrogen-bond donors (Lipinski definition) is 1. The van der Waals surface area contributed by atoms with Crippen molar-refractivity contribution in [3.63, 3.8) is 0 Å². The molecule has 1 N–H and O–H groups in total. The van der Waals surface area contributed by atoms with Crippen LogP contribution in [0, 0.1) is 5.41 Å². The van der Waals surface area contributed by atoms with E-state index >= 15 is 0 Å². The number of hydrogen-bond acceptors (Lipinski definition) is 2. The smallest absolute Gasteiger partial charge is 0.184 e. The van der Waals surface area contributed by atoms with Crippen molar-refractivity contribution < 1.29 is 4.74 Å². The largest absolute Gasteiger partial charge is 0.481 e. The molecule has 15 heavy (non-hydrogen) atoms. The summed E-state index contributed by atoms with van der Waals surface area (Å²) in [5, 5.41) is 8.63. The van der Waals surface area contributed by atoms with Gasteiger partial charge in [-0.05, 0) is 24.6 Å². The predicted octanol–water partition coefficient (Wildman–Crippen LogP) is 3.97. The van der Waals surface area contributed by atoms with Gasteiger partial charge in [-0.15, -0.1) is 12.4 Å². The van der Waals surface area contributed by atoms with Crippen molar-refractivity contribution in [3.05, 3.63) is 33.8 Å². The highest BCUT2D eigenvalue weighted by Gasteiger charge is 2.04. The van der Waals surface area contributed by atoms with Crippen molar-refractivity contribution in [2.24, 2.45) is 0 Å². The standard InChI is InChI=1S/C10H11Cl2NO.ClH/c1-2-14-10(13)5-7-3-4-8(11)6-9(7)12;/h3-4,6,13H,2,5H2,1H3;1H. The molecule has 1 aromatic carbocycles. The first-order valence-electron chi connectivity index (χ1n) is 4.27. The van der Waals surface area contributed by atoms with Gasteiger partial charge >= 0.3 is 0 Å². The lowest BCUT2D eigenvalue weighted by molar-refractivity contribution is 0.317. The molecule has 0 aliphatic rings. The summed E-state index contributed by atoms with van der Waals surface area (Å²) in [6.07, 6.45) is 0.407. The fraction of sp³-hybridized carbons (Fsp3) is 0.300. The highest BCUT2D eigenvalue weighted by molar-refractivity contribution is 6.35. The first-order chi connectivity index (χ1) is 6.63. The van der Waals surface area contributed by atoms with E-state index in [2.05, 4.69) is 0 Å². The van der Waals surface area contributed by atoms with Gasteiger partial charge in [-0.3, -0.25) is 5.41 Å². The Morgan fingerprint density at radius 1 is 1.40 bits per heavy atom. The van der Waals surface area contributed by atoms with Crippen LogP contribution in [0.2, 0.25) is 10.0 Å². The van der Waals surface area contributed by atoms with E-state index in [1.807, 2.05) is 6.92 Å². The van der Waals surface area contributed by atoms with E-state index in [-0.39, 0.29) is 18.3 Å². The zero-order valence-corrected chi connectivity index (χ0v) is 10.5. The van der Waals surface area contributed by atoms with Gasteiger partial charge in [0.2, 0.25) is 0 Å². The number of rotatable bonds is 3. The van der Waals surface area contributed by atoms with Gasteiger partial charge in [0.25, 0.3) is 0 Å². The van der Waals surface area contributed by atoms with Crippen LogP contribution in [0.3, 0.4) is 0 Å². The molecule has 0 saturated heterocycles. The maximum atomic E-state index is 7.46. The van der Waals surface area contributed by atoms with Gasteiger partial charge in [-0.25, -0.2) is 0 Å². The molecule has 84 valence electrons. The van der Waals surface area contributed by atoms with Crippen LogP contribution in [0.1, 0.15) is 12.5 Å². The molecule has 0 aliphatic heterocycles. The fourth-order valence-electron chi connectivity index (χ4n) is 1.06. The summed E-state index contributed by atoms with van der Waals surface area (Å²) in [5.74, 6) is 0.219. The fourth-order valence-corrected chi connectivity index (χ4v) is 1.54. The monoisotopic (exact) mass is 267 g/mol. The highest BCUT2D eigenvalue weighted by Crippen LogP contribution is 2.21. The second-order valence-electron chi connectivity index (χ2n) is 2.77. The van der Waals surface area contributed by atoms with Gasteiger partial charge in [0.05, 0.1) is 6.61 Å². The SMILES string of the molecule is CCOC(=N)Cc1ccc(Cl)cc1Cl.Cl. The van der Waals surface area contributed by atoms with E-state index in [0.29, 0.717) is 23.1 Å². The summed E-state index contributed by atoms with van der Waals surface area (Å²) >= 11 is 11.7. The molecule has 0 fully saturated rings. The van der Waals surface area contributed by atoms with Gasteiger partial charge in [0, 0.05) is 16.5 Å². The third kappa shape index (κ3) is 4.74. The maximum Gasteiger partial charge on any atom is 0.184 e. The Labute approximate surface area is 105 Å². The van der Waals surface area contributed by atoms with Crippen LogP contribution in [0.15, 0.2) is 18.2 Å². The van der Waals surface area contributed by atoms with Crippen LogP contribution < -0.4 is 0 Å². The van der Waals surface area contributed by atoms with Crippen molar-refractivity contribution in [2.45, 2.75) is 13.3 Å². The van der Waals surface area contributed by atoms with Crippen LogP contribution in [-0.4, -0.2) is 12.5 Å². The number of ether oxygens (including phenoxy) is 1. The van der Waals surface area contributed by atoms with Crippen LogP contribution in [0.25, 0.3) is 0 Å². The molecule has 2 nitrogen and oxygen atoms in total. The van der Waals surface area contributed by atoms with Crippen LogP contribution in [0.5, 0.6) is 0 Å². The minimum absolute atomic E-state index is 0. The van der Waals surface area contributed by atoms with E-state index in [4.69, 9.17) is 33.3 Å². The molecule has 0 heterocycles. The molecule has 0 unspecified atom stereocenters. The normalized spacial score (nSPS) is 9.27. The van der Waals surface area contributed by atoms with E-state index in [1.54, 1.807) is 18.2 Å². The van der Waals surface area contributed by atoms with Gasteiger partial charge in [0.1, 0.15) is 0 Å². The van der Waals surface area contributed by atoms with Crippen LogP contribution >= 0.6 is 35.6 Å². The Hall–Kier alpha value is -0.440. The predicted molar refractivity (Wildman–Crippen MR) is 66.8 cm³/mol. The maximum absolute atomic E-state index is 7.46. The van der Waals surface area contributed by atoms with Crippen molar-refractivity contribution in [1.29, 1.82) is 5.41 Å². The molecule has 0 amide bonds. The van der Waals surface area contributed by atoms with Gasteiger partial charge in [-0.1, -0.05) is 29.3 Å². The third-order valence-corrected chi connectivity index (χ3v) is 2.27. The topological polar surface area (TPSA) is 33.1 Å². The average Bonchev–Trinajstić information content (AvgIpc) is 2.10. The molecule has 0 spiro atoms. The number of halogens is 3. The van der Waals surface area contributed by atoms with E-state index in [0.717, 1.165) is 5.56 Å². The zero-order valence-electron chi connectivity index (χ0n) is 8.22. The molecule has 0 aromatic heterocycles. The first-order valence-corrected chi connectivity index (χ1v) is 5.03. The molecule has 0 aliphatic carbocycles. The Bertz CT molecular complexity index is 341. The molecule has 5 heteroatoms.